The molecule has 0 N–H and O–H groups in total. The zero-order valence-corrected chi connectivity index (χ0v) is 14.3. The summed E-state index contributed by atoms with van der Waals surface area (Å²) in [4.78, 5) is 4.96. The van der Waals surface area contributed by atoms with Crippen LogP contribution in [0.1, 0.15) is 53.4 Å². The number of hydrogen-bond donors (Lipinski definition) is 0. The first kappa shape index (κ1) is 21.3. The highest BCUT2D eigenvalue weighted by molar-refractivity contribution is 5.75. The van der Waals surface area contributed by atoms with Gasteiger partial charge in [-0.3, -0.25) is 0 Å². The predicted octanol–water partition coefficient (Wildman–Crippen LogP) is 3.34. The van der Waals surface area contributed by atoms with Crippen LogP contribution >= 0.6 is 0 Å². The van der Waals surface area contributed by atoms with E-state index in [4.69, 9.17) is 0 Å². The number of rotatable bonds is 1. The van der Waals surface area contributed by atoms with Crippen LogP contribution in [0.2, 0.25) is 0 Å². The quantitative estimate of drug-likeness (QED) is 0.672. The molecule has 0 atom stereocenters. The van der Waals surface area contributed by atoms with E-state index < -0.39 is 0 Å². The molecule has 0 aliphatic carbocycles. The molecule has 3 radical (unpaired) electrons. The fourth-order valence-corrected chi connectivity index (χ4v) is 3.00. The Balaban J connectivity index is 0. The summed E-state index contributed by atoms with van der Waals surface area (Å²) in [5, 5.41) is 0. The van der Waals surface area contributed by atoms with Gasteiger partial charge in [0.15, 0.2) is 0 Å². The first-order chi connectivity index (χ1) is 8.75. The van der Waals surface area contributed by atoms with Gasteiger partial charge in [-0.25, -0.2) is 0 Å². The molecule has 2 aliphatic rings. The van der Waals surface area contributed by atoms with Crippen molar-refractivity contribution in [3.63, 3.8) is 0 Å². The van der Waals surface area contributed by atoms with E-state index in [1.807, 2.05) is 27.7 Å². The van der Waals surface area contributed by atoms with Crippen LogP contribution in [-0.4, -0.2) is 58.5 Å². The van der Waals surface area contributed by atoms with Crippen molar-refractivity contribution < 1.29 is 0 Å². The van der Waals surface area contributed by atoms with E-state index in [0.29, 0.717) is 0 Å². The Hall–Kier alpha value is -0.0151. The Morgan fingerprint density at radius 1 is 0.579 bits per heavy atom. The Morgan fingerprint density at radius 3 is 1.00 bits per heavy atom. The minimum Gasteiger partial charge on any atom is -0.306 e. The van der Waals surface area contributed by atoms with Crippen molar-refractivity contribution in [2.45, 2.75) is 53.4 Å². The lowest BCUT2D eigenvalue weighted by molar-refractivity contribution is 0.117. The van der Waals surface area contributed by atoms with Crippen LogP contribution in [0.25, 0.3) is 0 Å². The van der Waals surface area contributed by atoms with Gasteiger partial charge in [-0.2, -0.15) is 0 Å². The van der Waals surface area contributed by atoms with Crippen molar-refractivity contribution >= 4 is 8.41 Å². The molecule has 0 aromatic rings. The molecular formula is C16H36BN2. The highest BCUT2D eigenvalue weighted by atomic mass is 15.1. The second-order valence-electron chi connectivity index (χ2n) is 5.28. The third-order valence-corrected chi connectivity index (χ3v) is 4.19. The van der Waals surface area contributed by atoms with Crippen LogP contribution in [0, 0.1) is 11.8 Å². The van der Waals surface area contributed by atoms with Crippen molar-refractivity contribution in [1.29, 1.82) is 0 Å². The van der Waals surface area contributed by atoms with Crippen LogP contribution in [0.4, 0.5) is 0 Å². The lowest BCUT2D eigenvalue weighted by Crippen LogP contribution is -2.38. The standard InChI is InChI=1S/C12H24N2.2C2H6.B/c1-13-7-3-11(4-8-13)12-5-9-14(2)10-6-12;2*1-2;/h11-12H,3-10H2,1-2H3;2*1-2H3;. The molecule has 2 nitrogen and oxygen atoms in total. The summed E-state index contributed by atoms with van der Waals surface area (Å²) >= 11 is 0. The second kappa shape index (κ2) is 13.0. The van der Waals surface area contributed by atoms with Crippen molar-refractivity contribution in [3.8, 4) is 0 Å². The van der Waals surface area contributed by atoms with Gasteiger partial charge in [-0.05, 0) is 77.8 Å². The van der Waals surface area contributed by atoms with Gasteiger partial charge in [-0.15, -0.1) is 0 Å². The molecule has 19 heavy (non-hydrogen) atoms. The average Bonchev–Trinajstić information content (AvgIpc) is 2.45. The van der Waals surface area contributed by atoms with Crippen LogP contribution in [0.5, 0.6) is 0 Å². The highest BCUT2D eigenvalue weighted by Crippen LogP contribution is 2.31. The van der Waals surface area contributed by atoms with Gasteiger partial charge >= 0.3 is 0 Å². The molecule has 2 rings (SSSR count). The normalized spacial score (nSPS) is 22.4. The van der Waals surface area contributed by atoms with E-state index in [1.165, 1.54) is 51.9 Å². The summed E-state index contributed by atoms with van der Waals surface area (Å²) in [6.45, 7) is 13.3. The van der Waals surface area contributed by atoms with Crippen molar-refractivity contribution in [3.05, 3.63) is 0 Å². The molecule has 0 aromatic heterocycles. The van der Waals surface area contributed by atoms with Gasteiger partial charge in [0.25, 0.3) is 0 Å². The van der Waals surface area contributed by atoms with Crippen LogP contribution in [-0.2, 0) is 0 Å². The number of likely N-dealkylation sites (tertiary alicyclic amines) is 2. The maximum absolute atomic E-state index is 2.48. The van der Waals surface area contributed by atoms with Crippen LogP contribution in [0.3, 0.4) is 0 Å². The Kier molecular flexibility index (Phi) is 14.6. The monoisotopic (exact) mass is 267 g/mol. The first-order valence-electron chi connectivity index (χ1n) is 8.13. The molecule has 3 heteroatoms. The van der Waals surface area contributed by atoms with Gasteiger partial charge in [0.1, 0.15) is 0 Å². The van der Waals surface area contributed by atoms with Crippen LogP contribution in [0.15, 0.2) is 0 Å². The highest BCUT2D eigenvalue weighted by Gasteiger charge is 2.27. The maximum Gasteiger partial charge on any atom is 0 e. The number of nitrogens with zero attached hydrogens (tertiary/aromatic N) is 2. The molecule has 2 aliphatic heterocycles. The summed E-state index contributed by atoms with van der Waals surface area (Å²) < 4.78 is 0. The minimum atomic E-state index is 0. The fraction of sp³-hybridized carbons (Fsp3) is 1.00. The zero-order valence-electron chi connectivity index (χ0n) is 14.3. The van der Waals surface area contributed by atoms with Gasteiger partial charge in [0.05, 0.1) is 0 Å². The summed E-state index contributed by atoms with van der Waals surface area (Å²) in [7, 11) is 4.51. The lowest BCUT2D eigenvalue weighted by atomic mass is 9.79. The van der Waals surface area contributed by atoms with Crippen LogP contribution < -0.4 is 0 Å². The zero-order chi connectivity index (χ0) is 14.0. The topological polar surface area (TPSA) is 6.48 Å². The fourth-order valence-electron chi connectivity index (χ4n) is 3.00. The molecule has 0 unspecified atom stereocenters. The van der Waals surface area contributed by atoms with Gasteiger partial charge in [0, 0.05) is 8.41 Å². The lowest BCUT2D eigenvalue weighted by Gasteiger charge is -2.38. The molecule has 2 fully saturated rings. The van der Waals surface area contributed by atoms with E-state index in [0.717, 1.165) is 11.8 Å². The average molecular weight is 267 g/mol. The van der Waals surface area contributed by atoms with E-state index in [2.05, 4.69) is 23.9 Å². The first-order valence-corrected chi connectivity index (χ1v) is 8.13. The summed E-state index contributed by atoms with van der Waals surface area (Å²) in [5.74, 6) is 2.08. The van der Waals surface area contributed by atoms with Gasteiger partial charge < -0.3 is 9.80 Å². The van der Waals surface area contributed by atoms with Crippen molar-refractivity contribution in [2.24, 2.45) is 11.8 Å². The van der Waals surface area contributed by atoms with E-state index in [1.54, 1.807) is 0 Å². The van der Waals surface area contributed by atoms with Gasteiger partial charge in [0.2, 0.25) is 0 Å². The SMILES string of the molecule is CC.CC.CN1CCC(C2CCN(C)CC2)CC1.[B]. The van der Waals surface area contributed by atoms with Crippen molar-refractivity contribution in [2.75, 3.05) is 40.3 Å². The smallest absolute Gasteiger partial charge is 0 e. The molecule has 0 aromatic carbocycles. The Morgan fingerprint density at radius 2 is 0.789 bits per heavy atom. The summed E-state index contributed by atoms with van der Waals surface area (Å²) in [6.07, 6.45) is 5.80. The summed E-state index contributed by atoms with van der Waals surface area (Å²) in [6, 6.07) is 0. The predicted molar refractivity (Wildman–Crippen MR) is 88.9 cm³/mol. The largest absolute Gasteiger partial charge is 0.306 e. The molecule has 113 valence electrons. The summed E-state index contributed by atoms with van der Waals surface area (Å²) in [5.41, 5.74) is 0. The number of hydrogen-bond acceptors (Lipinski definition) is 2. The third-order valence-electron chi connectivity index (χ3n) is 4.19. The molecular weight excluding hydrogens is 231 g/mol. The van der Waals surface area contributed by atoms with Crippen molar-refractivity contribution in [1.82, 2.24) is 9.80 Å². The van der Waals surface area contributed by atoms with Gasteiger partial charge in [-0.1, -0.05) is 27.7 Å². The molecule has 0 spiro atoms. The molecule has 0 amide bonds. The minimum absolute atomic E-state index is 0. The maximum atomic E-state index is 2.48. The Labute approximate surface area is 124 Å². The molecule has 2 saturated heterocycles. The molecule has 0 bridgehead atoms. The third kappa shape index (κ3) is 7.99. The van der Waals surface area contributed by atoms with E-state index >= 15 is 0 Å². The number of piperidine rings is 2. The molecule has 2 heterocycles. The molecule has 0 saturated carbocycles. The van der Waals surface area contributed by atoms with E-state index in [-0.39, 0.29) is 8.41 Å². The second-order valence-corrected chi connectivity index (χ2v) is 5.28. The van der Waals surface area contributed by atoms with E-state index in [9.17, 15) is 0 Å². The Bertz CT molecular complexity index is 152.